The molecule has 24 heavy (non-hydrogen) atoms. The van der Waals surface area contributed by atoms with Crippen LogP contribution in [-0.2, 0) is 11.3 Å². The van der Waals surface area contributed by atoms with Crippen LogP contribution in [0.1, 0.15) is 33.0 Å². The maximum absolute atomic E-state index is 12.4. The topological polar surface area (TPSA) is 69.3 Å². The van der Waals surface area contributed by atoms with Crippen molar-refractivity contribution in [2.75, 3.05) is 19.6 Å². The number of carbonyl (C=O) groups is 2. The average molecular weight is 326 g/mol. The van der Waals surface area contributed by atoms with Crippen molar-refractivity contribution in [3.63, 3.8) is 0 Å². The summed E-state index contributed by atoms with van der Waals surface area (Å²) in [6.07, 6.45) is 1.62. The largest absolute Gasteiger partial charge is 0.338 e. The van der Waals surface area contributed by atoms with Crippen LogP contribution in [0.3, 0.4) is 0 Å². The molecule has 0 unspecified atom stereocenters. The minimum Gasteiger partial charge on any atom is -0.338 e. The summed E-state index contributed by atoms with van der Waals surface area (Å²) in [6, 6.07) is 6.25. The number of aromatic amines is 1. The van der Waals surface area contributed by atoms with Crippen molar-refractivity contribution in [3.8, 4) is 0 Å². The SMILES string of the molecule is Cc1cnc(C(=O)N2CCN(Cc3ccc(C)c(C)c3)C(=O)C2)[nH]1. The molecular formula is C18H22N4O2. The molecule has 126 valence electrons. The Morgan fingerprint density at radius 1 is 1.21 bits per heavy atom. The zero-order valence-corrected chi connectivity index (χ0v) is 14.3. The smallest absolute Gasteiger partial charge is 0.290 e. The van der Waals surface area contributed by atoms with E-state index in [4.69, 9.17) is 0 Å². The Morgan fingerprint density at radius 3 is 2.62 bits per heavy atom. The van der Waals surface area contributed by atoms with E-state index in [1.807, 2.05) is 6.92 Å². The number of amides is 2. The van der Waals surface area contributed by atoms with E-state index in [1.165, 1.54) is 11.1 Å². The van der Waals surface area contributed by atoms with E-state index in [-0.39, 0.29) is 18.4 Å². The predicted molar refractivity (Wildman–Crippen MR) is 90.6 cm³/mol. The highest BCUT2D eigenvalue weighted by atomic mass is 16.2. The number of H-pyrrole nitrogens is 1. The van der Waals surface area contributed by atoms with Crippen LogP contribution in [0, 0.1) is 20.8 Å². The van der Waals surface area contributed by atoms with Gasteiger partial charge in [-0.15, -0.1) is 0 Å². The summed E-state index contributed by atoms with van der Waals surface area (Å²) in [5.74, 6) is 0.0429. The number of benzene rings is 1. The van der Waals surface area contributed by atoms with Gasteiger partial charge in [-0.25, -0.2) is 4.98 Å². The standard InChI is InChI=1S/C18H22N4O2/c1-12-4-5-15(8-13(12)2)10-21-6-7-22(11-16(21)23)18(24)17-19-9-14(3)20-17/h4-5,8-9H,6-7,10-11H2,1-3H3,(H,19,20). The number of carbonyl (C=O) groups excluding carboxylic acids is 2. The van der Waals surface area contributed by atoms with Gasteiger partial charge in [0.25, 0.3) is 5.91 Å². The summed E-state index contributed by atoms with van der Waals surface area (Å²) in [7, 11) is 0. The highest BCUT2D eigenvalue weighted by molar-refractivity contribution is 5.94. The third-order valence-corrected chi connectivity index (χ3v) is 4.46. The number of hydrogen-bond acceptors (Lipinski definition) is 3. The molecule has 2 amide bonds. The summed E-state index contributed by atoms with van der Waals surface area (Å²) >= 11 is 0. The van der Waals surface area contributed by atoms with Crippen molar-refractivity contribution in [3.05, 3.63) is 52.6 Å². The summed E-state index contributed by atoms with van der Waals surface area (Å²) in [4.78, 5) is 35.1. The van der Waals surface area contributed by atoms with Crippen LogP contribution in [0.5, 0.6) is 0 Å². The van der Waals surface area contributed by atoms with Crippen molar-refractivity contribution in [2.45, 2.75) is 27.3 Å². The van der Waals surface area contributed by atoms with Crippen LogP contribution in [0.2, 0.25) is 0 Å². The molecule has 0 saturated carbocycles. The first kappa shape index (κ1) is 16.2. The molecule has 1 N–H and O–H groups in total. The van der Waals surface area contributed by atoms with E-state index in [9.17, 15) is 9.59 Å². The lowest BCUT2D eigenvalue weighted by Gasteiger charge is -2.34. The molecule has 1 aromatic heterocycles. The lowest BCUT2D eigenvalue weighted by molar-refractivity contribution is -0.135. The zero-order valence-electron chi connectivity index (χ0n) is 14.3. The molecule has 1 fully saturated rings. The molecule has 0 radical (unpaired) electrons. The fourth-order valence-electron chi connectivity index (χ4n) is 2.84. The van der Waals surface area contributed by atoms with Crippen LogP contribution < -0.4 is 0 Å². The average Bonchev–Trinajstić information content (AvgIpc) is 2.98. The molecule has 0 spiro atoms. The number of aromatic nitrogens is 2. The van der Waals surface area contributed by atoms with Crippen molar-refractivity contribution in [1.82, 2.24) is 19.8 Å². The molecule has 1 aliphatic rings. The molecule has 1 aliphatic heterocycles. The lowest BCUT2D eigenvalue weighted by atomic mass is 10.1. The van der Waals surface area contributed by atoms with Crippen LogP contribution in [0.25, 0.3) is 0 Å². The third kappa shape index (κ3) is 3.32. The highest BCUT2D eigenvalue weighted by Crippen LogP contribution is 2.15. The fourth-order valence-corrected chi connectivity index (χ4v) is 2.84. The molecule has 6 nitrogen and oxygen atoms in total. The second kappa shape index (κ2) is 6.47. The monoisotopic (exact) mass is 326 g/mol. The molecule has 1 aromatic carbocycles. The first-order valence-corrected chi connectivity index (χ1v) is 8.09. The second-order valence-corrected chi connectivity index (χ2v) is 6.38. The second-order valence-electron chi connectivity index (χ2n) is 6.38. The molecular weight excluding hydrogens is 304 g/mol. The summed E-state index contributed by atoms with van der Waals surface area (Å²) in [5.41, 5.74) is 4.42. The molecule has 2 aromatic rings. The van der Waals surface area contributed by atoms with Gasteiger partial charge in [0.2, 0.25) is 5.91 Å². The van der Waals surface area contributed by atoms with E-state index in [2.05, 4.69) is 42.0 Å². The van der Waals surface area contributed by atoms with Crippen molar-refractivity contribution in [1.29, 1.82) is 0 Å². The van der Waals surface area contributed by atoms with Crippen LogP contribution in [-0.4, -0.2) is 51.2 Å². The van der Waals surface area contributed by atoms with Gasteiger partial charge in [0.15, 0.2) is 5.82 Å². The Morgan fingerprint density at radius 2 is 2.00 bits per heavy atom. The minimum atomic E-state index is -0.220. The Bertz CT molecular complexity index is 781. The van der Waals surface area contributed by atoms with Gasteiger partial charge in [-0.3, -0.25) is 9.59 Å². The first-order chi connectivity index (χ1) is 11.4. The van der Waals surface area contributed by atoms with E-state index in [0.29, 0.717) is 25.5 Å². The van der Waals surface area contributed by atoms with Crippen LogP contribution in [0.4, 0.5) is 0 Å². The van der Waals surface area contributed by atoms with Crippen molar-refractivity contribution in [2.24, 2.45) is 0 Å². The maximum Gasteiger partial charge on any atom is 0.290 e. The van der Waals surface area contributed by atoms with Gasteiger partial charge < -0.3 is 14.8 Å². The molecule has 3 rings (SSSR count). The van der Waals surface area contributed by atoms with Gasteiger partial charge >= 0.3 is 0 Å². The molecule has 0 aliphatic carbocycles. The Balaban J connectivity index is 1.63. The number of nitrogens with one attached hydrogen (secondary N) is 1. The van der Waals surface area contributed by atoms with Gasteiger partial charge in [-0.05, 0) is 37.5 Å². The fraction of sp³-hybridized carbons (Fsp3) is 0.389. The van der Waals surface area contributed by atoms with Gasteiger partial charge in [-0.2, -0.15) is 0 Å². The number of aryl methyl sites for hydroxylation is 3. The number of nitrogens with zero attached hydrogens (tertiary/aromatic N) is 3. The maximum atomic E-state index is 12.4. The number of rotatable bonds is 3. The first-order valence-electron chi connectivity index (χ1n) is 8.09. The van der Waals surface area contributed by atoms with Gasteiger partial charge in [-0.1, -0.05) is 18.2 Å². The molecule has 6 heteroatoms. The van der Waals surface area contributed by atoms with E-state index in [1.54, 1.807) is 16.0 Å². The summed E-state index contributed by atoms with van der Waals surface area (Å²) in [6.45, 7) is 7.74. The molecule has 1 saturated heterocycles. The van der Waals surface area contributed by atoms with Crippen LogP contribution in [0.15, 0.2) is 24.4 Å². The van der Waals surface area contributed by atoms with Gasteiger partial charge in [0, 0.05) is 31.5 Å². The molecule has 2 heterocycles. The normalized spacial score (nSPS) is 15.0. The van der Waals surface area contributed by atoms with Gasteiger partial charge in [0.05, 0.1) is 0 Å². The highest BCUT2D eigenvalue weighted by Gasteiger charge is 2.28. The van der Waals surface area contributed by atoms with E-state index >= 15 is 0 Å². The van der Waals surface area contributed by atoms with E-state index < -0.39 is 0 Å². The number of piperazine rings is 1. The quantitative estimate of drug-likeness (QED) is 0.935. The third-order valence-electron chi connectivity index (χ3n) is 4.46. The Hall–Kier alpha value is -2.63. The van der Waals surface area contributed by atoms with E-state index in [0.717, 1.165) is 11.3 Å². The van der Waals surface area contributed by atoms with Crippen molar-refractivity contribution >= 4 is 11.8 Å². The minimum absolute atomic E-state index is 0.0314. The Labute approximate surface area is 141 Å². The Kier molecular flexibility index (Phi) is 4.38. The zero-order chi connectivity index (χ0) is 17.3. The van der Waals surface area contributed by atoms with Crippen molar-refractivity contribution < 1.29 is 9.59 Å². The summed E-state index contributed by atoms with van der Waals surface area (Å²) < 4.78 is 0. The number of hydrogen-bond donors (Lipinski definition) is 1. The predicted octanol–water partition coefficient (Wildman–Crippen LogP) is 1.82. The molecule has 0 atom stereocenters. The van der Waals surface area contributed by atoms with Crippen LogP contribution >= 0.6 is 0 Å². The number of imidazole rings is 1. The summed E-state index contributed by atoms with van der Waals surface area (Å²) in [5, 5.41) is 0. The lowest BCUT2D eigenvalue weighted by Crippen LogP contribution is -2.52. The molecule has 0 bridgehead atoms. The van der Waals surface area contributed by atoms with Gasteiger partial charge in [0.1, 0.15) is 6.54 Å².